The van der Waals surface area contributed by atoms with E-state index in [1.807, 2.05) is 12.3 Å². The van der Waals surface area contributed by atoms with E-state index in [-0.39, 0.29) is 16.6 Å². The van der Waals surface area contributed by atoms with E-state index in [2.05, 4.69) is 5.32 Å². The predicted octanol–water partition coefficient (Wildman–Crippen LogP) is 4.11. The molecule has 0 unspecified atom stereocenters. The van der Waals surface area contributed by atoms with Crippen molar-refractivity contribution < 1.29 is 13.2 Å². The molecule has 0 bridgehead atoms. The van der Waals surface area contributed by atoms with Gasteiger partial charge in [-0.3, -0.25) is 4.79 Å². The van der Waals surface area contributed by atoms with Crippen LogP contribution in [0.2, 0.25) is 5.02 Å². The number of carbonyl (C=O) groups is 1. The van der Waals surface area contributed by atoms with Crippen molar-refractivity contribution in [3.05, 3.63) is 53.1 Å². The summed E-state index contributed by atoms with van der Waals surface area (Å²) in [7, 11) is -3.25. The SMILES string of the molecule is CCS(=O)(=O)c1ccc(NC(=O)c2cc(SC)ccc2Cl)cc1. The van der Waals surface area contributed by atoms with Crippen molar-refractivity contribution in [2.24, 2.45) is 0 Å². The maximum atomic E-state index is 12.3. The number of thioether (sulfide) groups is 1. The summed E-state index contributed by atoms with van der Waals surface area (Å²) in [6.45, 7) is 1.59. The van der Waals surface area contributed by atoms with Crippen molar-refractivity contribution in [2.75, 3.05) is 17.3 Å². The molecule has 7 heteroatoms. The second kappa shape index (κ2) is 7.38. The molecule has 2 aromatic rings. The Balaban J connectivity index is 2.21. The normalized spacial score (nSPS) is 11.3. The summed E-state index contributed by atoms with van der Waals surface area (Å²) in [6.07, 6.45) is 1.91. The van der Waals surface area contributed by atoms with Gasteiger partial charge in [0, 0.05) is 10.6 Å². The second-order valence-electron chi connectivity index (χ2n) is 4.73. The Morgan fingerprint density at radius 3 is 2.39 bits per heavy atom. The van der Waals surface area contributed by atoms with Crippen molar-refractivity contribution in [3.8, 4) is 0 Å². The Morgan fingerprint density at radius 2 is 1.83 bits per heavy atom. The molecule has 4 nitrogen and oxygen atoms in total. The fourth-order valence-electron chi connectivity index (χ4n) is 1.92. The molecular weight excluding hydrogens is 354 g/mol. The van der Waals surface area contributed by atoms with Crippen LogP contribution < -0.4 is 5.32 Å². The second-order valence-corrected chi connectivity index (χ2v) is 8.29. The summed E-state index contributed by atoms with van der Waals surface area (Å²) in [4.78, 5) is 13.5. The zero-order valence-corrected chi connectivity index (χ0v) is 15.1. The molecule has 0 radical (unpaired) electrons. The third-order valence-corrected chi connectivity index (χ3v) is 6.07. The minimum absolute atomic E-state index is 0.0375. The lowest BCUT2D eigenvalue weighted by Gasteiger charge is -2.09. The first-order valence-corrected chi connectivity index (χ1v) is 10.1. The Morgan fingerprint density at radius 1 is 1.17 bits per heavy atom. The van der Waals surface area contributed by atoms with E-state index in [4.69, 9.17) is 11.6 Å². The first kappa shape index (κ1) is 17.8. The number of hydrogen-bond donors (Lipinski definition) is 1. The van der Waals surface area contributed by atoms with Gasteiger partial charge in [0.25, 0.3) is 5.91 Å². The Labute approximate surface area is 145 Å². The first-order valence-electron chi connectivity index (χ1n) is 6.85. The van der Waals surface area contributed by atoms with Crippen LogP contribution in [0, 0.1) is 0 Å². The average molecular weight is 370 g/mol. The summed E-state index contributed by atoms with van der Waals surface area (Å²) < 4.78 is 23.5. The molecule has 0 aromatic heterocycles. The van der Waals surface area contributed by atoms with E-state index < -0.39 is 9.84 Å². The van der Waals surface area contributed by atoms with Crippen LogP contribution in [-0.4, -0.2) is 26.3 Å². The van der Waals surface area contributed by atoms with Gasteiger partial charge in [0.05, 0.1) is 21.2 Å². The molecule has 0 saturated carbocycles. The summed E-state index contributed by atoms with van der Waals surface area (Å²) in [5.41, 5.74) is 0.888. The number of benzene rings is 2. The lowest BCUT2D eigenvalue weighted by atomic mass is 10.2. The molecule has 2 aromatic carbocycles. The fraction of sp³-hybridized carbons (Fsp3) is 0.188. The Kier molecular flexibility index (Phi) is 5.73. The maximum absolute atomic E-state index is 12.3. The molecule has 0 heterocycles. The minimum atomic E-state index is -3.25. The third kappa shape index (κ3) is 4.28. The number of sulfone groups is 1. The van der Waals surface area contributed by atoms with Crippen LogP contribution in [-0.2, 0) is 9.84 Å². The maximum Gasteiger partial charge on any atom is 0.257 e. The molecule has 1 N–H and O–H groups in total. The van der Waals surface area contributed by atoms with Gasteiger partial charge in [0.1, 0.15) is 0 Å². The fourth-order valence-corrected chi connectivity index (χ4v) is 3.44. The smallest absolute Gasteiger partial charge is 0.257 e. The number of carbonyl (C=O) groups excluding carboxylic acids is 1. The van der Waals surface area contributed by atoms with Gasteiger partial charge >= 0.3 is 0 Å². The monoisotopic (exact) mass is 369 g/mol. The van der Waals surface area contributed by atoms with Crippen LogP contribution in [0.3, 0.4) is 0 Å². The van der Waals surface area contributed by atoms with E-state index >= 15 is 0 Å². The van der Waals surface area contributed by atoms with Crippen LogP contribution in [0.1, 0.15) is 17.3 Å². The van der Waals surface area contributed by atoms with Gasteiger partial charge < -0.3 is 5.32 Å². The number of halogens is 1. The topological polar surface area (TPSA) is 63.2 Å². The molecule has 23 heavy (non-hydrogen) atoms. The highest BCUT2D eigenvalue weighted by Crippen LogP contribution is 2.24. The summed E-state index contributed by atoms with van der Waals surface area (Å²) in [5, 5.41) is 3.09. The molecule has 0 aliphatic rings. The largest absolute Gasteiger partial charge is 0.322 e. The summed E-state index contributed by atoms with van der Waals surface area (Å²) >= 11 is 7.59. The molecule has 0 aliphatic carbocycles. The highest BCUT2D eigenvalue weighted by atomic mass is 35.5. The number of anilines is 1. The van der Waals surface area contributed by atoms with E-state index in [0.717, 1.165) is 4.90 Å². The summed E-state index contributed by atoms with van der Waals surface area (Å²) in [5.74, 6) is -0.299. The van der Waals surface area contributed by atoms with Gasteiger partial charge in [0.2, 0.25) is 0 Å². The van der Waals surface area contributed by atoms with Crippen molar-refractivity contribution in [2.45, 2.75) is 16.7 Å². The summed E-state index contributed by atoms with van der Waals surface area (Å²) in [6, 6.07) is 11.3. The third-order valence-electron chi connectivity index (χ3n) is 3.27. The van der Waals surface area contributed by atoms with Crippen molar-refractivity contribution >= 4 is 44.8 Å². The Bertz CT molecular complexity index is 818. The molecular formula is C16H16ClNO3S2. The molecule has 0 fully saturated rings. The molecule has 0 saturated heterocycles. The number of rotatable bonds is 5. The van der Waals surface area contributed by atoms with Gasteiger partial charge in [-0.25, -0.2) is 8.42 Å². The minimum Gasteiger partial charge on any atom is -0.322 e. The van der Waals surface area contributed by atoms with Crippen molar-refractivity contribution in [1.29, 1.82) is 0 Å². The zero-order chi connectivity index (χ0) is 17.0. The van der Waals surface area contributed by atoms with Gasteiger partial charge in [0.15, 0.2) is 9.84 Å². The molecule has 1 amide bonds. The zero-order valence-electron chi connectivity index (χ0n) is 12.7. The van der Waals surface area contributed by atoms with Crippen LogP contribution in [0.5, 0.6) is 0 Å². The molecule has 122 valence electrons. The standard InChI is InChI=1S/C16H16ClNO3S2/c1-3-23(20,21)13-7-4-11(5-8-13)18-16(19)14-10-12(22-2)6-9-15(14)17/h4-10H,3H2,1-2H3,(H,18,19). The van der Waals surface area contributed by atoms with E-state index in [1.54, 1.807) is 31.2 Å². The van der Waals surface area contributed by atoms with Crippen LogP contribution in [0.4, 0.5) is 5.69 Å². The van der Waals surface area contributed by atoms with E-state index in [0.29, 0.717) is 16.3 Å². The quantitative estimate of drug-likeness (QED) is 0.805. The highest BCUT2D eigenvalue weighted by molar-refractivity contribution is 7.98. The first-order chi connectivity index (χ1) is 10.9. The predicted molar refractivity (Wildman–Crippen MR) is 95.4 cm³/mol. The Hall–Kier alpha value is -1.50. The lowest BCUT2D eigenvalue weighted by molar-refractivity contribution is 0.102. The van der Waals surface area contributed by atoms with Gasteiger partial charge in [-0.15, -0.1) is 11.8 Å². The van der Waals surface area contributed by atoms with Gasteiger partial charge in [-0.05, 0) is 48.7 Å². The van der Waals surface area contributed by atoms with Crippen LogP contribution in [0.15, 0.2) is 52.3 Å². The van der Waals surface area contributed by atoms with E-state index in [9.17, 15) is 13.2 Å². The molecule has 2 rings (SSSR count). The lowest BCUT2D eigenvalue weighted by Crippen LogP contribution is -2.13. The van der Waals surface area contributed by atoms with Gasteiger partial charge in [-0.1, -0.05) is 18.5 Å². The molecule has 0 aliphatic heterocycles. The average Bonchev–Trinajstić information content (AvgIpc) is 2.55. The van der Waals surface area contributed by atoms with Crippen LogP contribution >= 0.6 is 23.4 Å². The molecule has 0 spiro atoms. The number of nitrogens with one attached hydrogen (secondary N) is 1. The number of hydrogen-bond acceptors (Lipinski definition) is 4. The van der Waals surface area contributed by atoms with Crippen molar-refractivity contribution in [3.63, 3.8) is 0 Å². The van der Waals surface area contributed by atoms with E-state index in [1.165, 1.54) is 23.9 Å². The van der Waals surface area contributed by atoms with Crippen molar-refractivity contribution in [1.82, 2.24) is 0 Å². The van der Waals surface area contributed by atoms with Gasteiger partial charge in [-0.2, -0.15) is 0 Å². The molecule has 0 atom stereocenters. The van der Waals surface area contributed by atoms with Crippen LogP contribution in [0.25, 0.3) is 0 Å². The number of amides is 1. The highest BCUT2D eigenvalue weighted by Gasteiger charge is 2.14.